The van der Waals surface area contributed by atoms with E-state index in [1.807, 2.05) is 52.0 Å². The van der Waals surface area contributed by atoms with E-state index in [0.717, 1.165) is 37.7 Å². The van der Waals surface area contributed by atoms with Gasteiger partial charge in [0.15, 0.2) is 5.96 Å². The largest absolute Gasteiger partial charge is 0.356 e. The second-order valence-corrected chi connectivity index (χ2v) is 7.00. The van der Waals surface area contributed by atoms with Crippen LogP contribution in [0.25, 0.3) is 0 Å². The number of rotatable bonds is 7. The number of nitrogens with zero attached hydrogens (tertiary/aromatic N) is 4. The first-order valence-electron chi connectivity index (χ1n) is 8.43. The van der Waals surface area contributed by atoms with Crippen LogP contribution in [0.4, 0.5) is 0 Å². The molecule has 1 heterocycles. The second-order valence-electron chi connectivity index (χ2n) is 7.00. The number of hydrogen-bond donors (Lipinski definition) is 2. The van der Waals surface area contributed by atoms with Gasteiger partial charge in [0.1, 0.15) is 5.82 Å². The summed E-state index contributed by atoms with van der Waals surface area (Å²) in [6.07, 6.45) is 5.92. The molecule has 1 aromatic heterocycles. The molecule has 0 unspecified atom stereocenters. The number of hydrogen-bond acceptors (Lipinski definition) is 3. The predicted molar refractivity (Wildman–Crippen MR) is 114 cm³/mol. The van der Waals surface area contributed by atoms with Crippen molar-refractivity contribution in [2.45, 2.75) is 52.6 Å². The van der Waals surface area contributed by atoms with Crippen LogP contribution >= 0.6 is 24.0 Å². The maximum Gasteiger partial charge on any atom is 0.240 e. The van der Waals surface area contributed by atoms with E-state index in [1.54, 1.807) is 7.05 Å². The van der Waals surface area contributed by atoms with Crippen LogP contribution in [-0.2, 0) is 11.3 Å². The van der Waals surface area contributed by atoms with Crippen molar-refractivity contribution in [3.63, 3.8) is 0 Å². The average Bonchev–Trinajstić information content (AvgIpc) is 2.86. The number of unbranched alkanes of at least 4 members (excludes halogenated alkanes) is 1. The van der Waals surface area contributed by atoms with Crippen molar-refractivity contribution >= 4 is 35.8 Å². The molecule has 0 aliphatic rings. The first kappa shape index (κ1) is 23.7. The Bertz CT molecular complexity index is 550. The summed E-state index contributed by atoms with van der Waals surface area (Å²) in [6.45, 7) is 10.0. The fourth-order valence-electron chi connectivity index (χ4n) is 2.38. The van der Waals surface area contributed by atoms with Gasteiger partial charge in [-0.15, -0.1) is 24.0 Å². The van der Waals surface area contributed by atoms with E-state index in [4.69, 9.17) is 0 Å². The van der Waals surface area contributed by atoms with Gasteiger partial charge in [0.05, 0.1) is 6.54 Å². The van der Waals surface area contributed by atoms with Gasteiger partial charge < -0.3 is 20.1 Å². The zero-order valence-corrected chi connectivity index (χ0v) is 18.6. The minimum Gasteiger partial charge on any atom is -0.356 e. The third-order valence-corrected chi connectivity index (χ3v) is 3.50. The Labute approximate surface area is 168 Å². The Kier molecular flexibility index (Phi) is 10.7. The second kappa shape index (κ2) is 11.3. The lowest BCUT2D eigenvalue weighted by molar-refractivity contribution is -0.122. The number of amides is 1. The molecule has 2 N–H and O–H groups in total. The summed E-state index contributed by atoms with van der Waals surface area (Å²) in [6, 6.07) is 0. The number of halogens is 1. The minimum atomic E-state index is -0.222. The molecule has 0 bridgehead atoms. The summed E-state index contributed by atoms with van der Waals surface area (Å²) in [5.41, 5.74) is -0.222. The zero-order chi connectivity index (χ0) is 18.2. The van der Waals surface area contributed by atoms with E-state index >= 15 is 0 Å². The van der Waals surface area contributed by atoms with Crippen molar-refractivity contribution in [3.05, 3.63) is 18.2 Å². The molecule has 0 aromatic carbocycles. The molecule has 0 aliphatic carbocycles. The summed E-state index contributed by atoms with van der Waals surface area (Å²) in [4.78, 5) is 22.3. The molecule has 144 valence electrons. The summed E-state index contributed by atoms with van der Waals surface area (Å²) < 4.78 is 2.15. The standard InChI is InChI=1S/C17H32N6O.HI/c1-14-19-10-12-23(14)11-8-7-9-20-16(18-5)22(6)13-15(24)21-17(2,3)4;/h10,12H,7-9,11,13H2,1-6H3,(H,18,20)(H,21,24);1H. The molecule has 1 aromatic rings. The van der Waals surface area contributed by atoms with Gasteiger partial charge in [-0.05, 0) is 40.5 Å². The van der Waals surface area contributed by atoms with Crippen molar-refractivity contribution < 1.29 is 4.79 Å². The molecule has 0 saturated heterocycles. The highest BCUT2D eigenvalue weighted by Crippen LogP contribution is 2.00. The smallest absolute Gasteiger partial charge is 0.240 e. The number of carbonyl (C=O) groups excluding carboxylic acids is 1. The molecule has 25 heavy (non-hydrogen) atoms. The lowest BCUT2D eigenvalue weighted by Gasteiger charge is -2.25. The van der Waals surface area contributed by atoms with E-state index in [2.05, 4.69) is 25.2 Å². The molecule has 0 radical (unpaired) electrons. The van der Waals surface area contributed by atoms with Gasteiger partial charge in [-0.2, -0.15) is 0 Å². The quantitative estimate of drug-likeness (QED) is 0.280. The first-order valence-corrected chi connectivity index (χ1v) is 8.43. The molecule has 0 aliphatic heterocycles. The van der Waals surface area contributed by atoms with E-state index in [9.17, 15) is 4.79 Å². The minimum absolute atomic E-state index is 0. The van der Waals surface area contributed by atoms with Crippen LogP contribution < -0.4 is 10.6 Å². The lowest BCUT2D eigenvalue weighted by Crippen LogP contribution is -2.48. The Balaban J connectivity index is 0.00000576. The van der Waals surface area contributed by atoms with Crippen LogP contribution in [0.2, 0.25) is 0 Å². The highest BCUT2D eigenvalue weighted by molar-refractivity contribution is 14.0. The van der Waals surface area contributed by atoms with Crippen LogP contribution in [0.15, 0.2) is 17.4 Å². The molecule has 0 saturated carbocycles. The van der Waals surface area contributed by atoms with Crippen LogP contribution in [0.3, 0.4) is 0 Å². The van der Waals surface area contributed by atoms with Gasteiger partial charge in [-0.1, -0.05) is 0 Å². The van der Waals surface area contributed by atoms with E-state index in [0.29, 0.717) is 0 Å². The molecule has 1 amide bonds. The Morgan fingerprint density at radius 1 is 1.36 bits per heavy atom. The Morgan fingerprint density at radius 3 is 2.56 bits per heavy atom. The third kappa shape index (κ3) is 9.66. The van der Waals surface area contributed by atoms with E-state index in [1.165, 1.54) is 0 Å². The monoisotopic (exact) mass is 464 g/mol. The fourth-order valence-corrected chi connectivity index (χ4v) is 2.38. The Morgan fingerprint density at radius 2 is 2.04 bits per heavy atom. The Hall–Kier alpha value is -1.32. The summed E-state index contributed by atoms with van der Waals surface area (Å²) in [5.74, 6) is 1.77. The predicted octanol–water partition coefficient (Wildman–Crippen LogP) is 2.01. The molecule has 0 fully saturated rings. The van der Waals surface area contributed by atoms with Gasteiger partial charge in [0.2, 0.25) is 5.91 Å². The van der Waals surface area contributed by atoms with Gasteiger partial charge in [0.25, 0.3) is 0 Å². The number of aromatic nitrogens is 2. The number of guanidine groups is 1. The van der Waals surface area contributed by atoms with E-state index in [-0.39, 0.29) is 42.0 Å². The summed E-state index contributed by atoms with van der Waals surface area (Å²) >= 11 is 0. The average molecular weight is 464 g/mol. The van der Waals surface area contributed by atoms with Crippen molar-refractivity contribution in [3.8, 4) is 0 Å². The van der Waals surface area contributed by atoms with Crippen molar-refractivity contribution in [1.29, 1.82) is 0 Å². The topological polar surface area (TPSA) is 74.5 Å². The van der Waals surface area contributed by atoms with Crippen molar-refractivity contribution in [2.24, 2.45) is 4.99 Å². The zero-order valence-electron chi connectivity index (χ0n) is 16.3. The van der Waals surface area contributed by atoms with Crippen LogP contribution in [0, 0.1) is 6.92 Å². The van der Waals surface area contributed by atoms with Gasteiger partial charge >= 0.3 is 0 Å². The summed E-state index contributed by atoms with van der Waals surface area (Å²) in [5, 5.41) is 6.26. The maximum absolute atomic E-state index is 12.0. The number of aryl methyl sites for hydroxylation is 2. The molecule has 1 rings (SSSR count). The lowest BCUT2D eigenvalue weighted by atomic mass is 10.1. The van der Waals surface area contributed by atoms with Crippen LogP contribution in [0.1, 0.15) is 39.4 Å². The van der Waals surface area contributed by atoms with Crippen molar-refractivity contribution in [1.82, 2.24) is 25.1 Å². The van der Waals surface area contributed by atoms with Gasteiger partial charge in [-0.3, -0.25) is 9.79 Å². The maximum atomic E-state index is 12.0. The van der Waals surface area contributed by atoms with E-state index < -0.39 is 0 Å². The normalized spacial score (nSPS) is 11.7. The van der Waals surface area contributed by atoms with Gasteiger partial charge in [0, 0.05) is 45.1 Å². The van der Waals surface area contributed by atoms with Crippen molar-refractivity contribution in [2.75, 3.05) is 27.2 Å². The highest BCUT2D eigenvalue weighted by Gasteiger charge is 2.16. The third-order valence-electron chi connectivity index (χ3n) is 3.50. The molecular weight excluding hydrogens is 431 g/mol. The molecular formula is C17H33IN6O. The number of aliphatic imine (C=N–C) groups is 1. The molecule has 0 atom stereocenters. The van der Waals surface area contributed by atoms with Crippen LogP contribution in [0.5, 0.6) is 0 Å². The number of nitrogens with one attached hydrogen (secondary N) is 2. The number of imidazole rings is 1. The highest BCUT2D eigenvalue weighted by atomic mass is 127. The van der Waals surface area contributed by atoms with Gasteiger partial charge in [-0.25, -0.2) is 4.98 Å². The fraction of sp³-hybridized carbons (Fsp3) is 0.706. The molecule has 8 heteroatoms. The first-order chi connectivity index (χ1) is 11.2. The molecule has 7 nitrogen and oxygen atoms in total. The number of carbonyl (C=O) groups is 1. The SMILES string of the molecule is CN=C(NCCCCn1ccnc1C)N(C)CC(=O)NC(C)(C)C.I. The molecule has 0 spiro atoms. The van der Waals surface area contributed by atoms with Crippen LogP contribution in [-0.4, -0.2) is 59.0 Å². The summed E-state index contributed by atoms with van der Waals surface area (Å²) in [7, 11) is 3.60. The number of likely N-dealkylation sites (N-methyl/N-ethyl adjacent to an activating group) is 1.